The second-order valence-electron chi connectivity index (χ2n) is 5.42. The molecule has 0 unspecified atom stereocenters. The van der Waals surface area contributed by atoms with Gasteiger partial charge in [-0.25, -0.2) is 5.43 Å². The lowest BCUT2D eigenvalue weighted by Gasteiger charge is -2.06. The van der Waals surface area contributed by atoms with E-state index >= 15 is 0 Å². The second-order valence-corrected chi connectivity index (χ2v) is 5.42. The third-order valence-electron chi connectivity index (χ3n) is 3.43. The third kappa shape index (κ3) is 4.78. The molecule has 1 aromatic heterocycles. The summed E-state index contributed by atoms with van der Waals surface area (Å²) in [5, 5.41) is 7.97. The van der Waals surface area contributed by atoms with E-state index in [9.17, 15) is 4.79 Å². The number of nitrogens with one attached hydrogen (secondary N) is 1. The highest BCUT2D eigenvalue weighted by molar-refractivity contribution is 5.93. The molecule has 6 nitrogen and oxygen atoms in total. The normalized spacial score (nSPS) is 10.8. The van der Waals surface area contributed by atoms with Crippen molar-refractivity contribution in [2.45, 2.75) is 6.61 Å². The number of benzene rings is 2. The number of nitrogens with zero attached hydrogens (tertiary/aromatic N) is 3. The molecule has 1 N–H and O–H groups in total. The Morgan fingerprint density at radius 1 is 1.20 bits per heavy atom. The quantitative estimate of drug-likeness (QED) is 0.557. The lowest BCUT2D eigenvalue weighted by molar-refractivity contribution is 0.0949. The lowest BCUT2D eigenvalue weighted by Crippen LogP contribution is -2.18. The van der Waals surface area contributed by atoms with E-state index in [0.29, 0.717) is 12.3 Å². The van der Waals surface area contributed by atoms with Crippen molar-refractivity contribution < 1.29 is 9.53 Å². The van der Waals surface area contributed by atoms with Crippen LogP contribution < -0.4 is 10.2 Å². The number of carbonyl (C=O) groups excluding carboxylic acids is 1. The van der Waals surface area contributed by atoms with Crippen LogP contribution in [0.3, 0.4) is 0 Å². The molecular formula is C19H18N4O2. The second kappa shape index (κ2) is 7.92. The number of aromatic nitrogens is 2. The number of hydrogen-bond donors (Lipinski definition) is 1. The Balaban J connectivity index is 1.56. The van der Waals surface area contributed by atoms with Gasteiger partial charge in [0.25, 0.3) is 5.91 Å². The molecule has 1 amide bonds. The van der Waals surface area contributed by atoms with Crippen LogP contribution in [0.15, 0.2) is 72.0 Å². The van der Waals surface area contributed by atoms with E-state index in [2.05, 4.69) is 15.6 Å². The molecule has 1 heterocycles. The first-order valence-electron chi connectivity index (χ1n) is 7.80. The van der Waals surface area contributed by atoms with Crippen molar-refractivity contribution in [3.05, 3.63) is 83.7 Å². The molecule has 3 aromatic rings. The zero-order chi connectivity index (χ0) is 17.5. The maximum absolute atomic E-state index is 11.8. The van der Waals surface area contributed by atoms with Crippen molar-refractivity contribution in [1.29, 1.82) is 0 Å². The van der Waals surface area contributed by atoms with Crippen molar-refractivity contribution in [3.8, 4) is 5.75 Å². The van der Waals surface area contributed by atoms with Gasteiger partial charge in [0.2, 0.25) is 0 Å². The van der Waals surface area contributed by atoms with Crippen molar-refractivity contribution in [1.82, 2.24) is 15.2 Å². The van der Waals surface area contributed by atoms with Gasteiger partial charge in [-0.3, -0.25) is 9.48 Å². The average Bonchev–Trinajstić information content (AvgIpc) is 3.08. The van der Waals surface area contributed by atoms with E-state index in [1.54, 1.807) is 30.2 Å². The molecule has 0 spiro atoms. The monoisotopic (exact) mass is 334 g/mol. The molecule has 0 atom stereocenters. The smallest absolute Gasteiger partial charge is 0.291 e. The van der Waals surface area contributed by atoms with Crippen LogP contribution >= 0.6 is 0 Å². The Bertz CT molecular complexity index is 872. The molecule has 0 fully saturated rings. The van der Waals surface area contributed by atoms with Crippen molar-refractivity contribution in [2.24, 2.45) is 12.1 Å². The van der Waals surface area contributed by atoms with Gasteiger partial charge in [-0.05, 0) is 29.3 Å². The SMILES string of the molecule is Cn1ccc(C(=O)NN=Cc2cccc(OCc3ccccc3)c2)n1. The first-order valence-corrected chi connectivity index (χ1v) is 7.80. The molecule has 0 saturated heterocycles. The van der Waals surface area contributed by atoms with Crippen LogP contribution in [0.1, 0.15) is 21.6 Å². The Labute approximate surface area is 145 Å². The molecule has 0 aliphatic carbocycles. The fourth-order valence-electron chi connectivity index (χ4n) is 2.18. The van der Waals surface area contributed by atoms with Crippen molar-refractivity contribution in [3.63, 3.8) is 0 Å². The van der Waals surface area contributed by atoms with Crippen molar-refractivity contribution in [2.75, 3.05) is 0 Å². The Morgan fingerprint density at radius 3 is 2.80 bits per heavy atom. The van der Waals surface area contributed by atoms with Crippen molar-refractivity contribution >= 4 is 12.1 Å². The minimum absolute atomic E-state index is 0.319. The fourth-order valence-corrected chi connectivity index (χ4v) is 2.18. The molecule has 0 aliphatic rings. The number of ether oxygens (including phenoxy) is 1. The fraction of sp³-hybridized carbons (Fsp3) is 0.105. The lowest BCUT2D eigenvalue weighted by atomic mass is 10.2. The van der Waals surface area contributed by atoms with Gasteiger partial charge in [-0.15, -0.1) is 0 Å². The first-order chi connectivity index (χ1) is 12.2. The number of hydrazone groups is 1. The summed E-state index contributed by atoms with van der Waals surface area (Å²) in [4.78, 5) is 11.8. The Hall–Kier alpha value is -3.41. The number of carbonyl (C=O) groups is 1. The summed E-state index contributed by atoms with van der Waals surface area (Å²) < 4.78 is 7.33. The number of aryl methyl sites for hydroxylation is 1. The van der Waals surface area contributed by atoms with Crippen LogP contribution in [-0.4, -0.2) is 21.9 Å². The summed E-state index contributed by atoms with van der Waals surface area (Å²) >= 11 is 0. The zero-order valence-electron chi connectivity index (χ0n) is 13.8. The van der Waals surface area contributed by atoms with E-state index in [0.717, 1.165) is 16.9 Å². The van der Waals surface area contributed by atoms with E-state index < -0.39 is 0 Å². The van der Waals surface area contributed by atoms with Crippen LogP contribution in [-0.2, 0) is 13.7 Å². The summed E-state index contributed by atoms with van der Waals surface area (Å²) in [5.41, 5.74) is 4.70. The largest absolute Gasteiger partial charge is 0.489 e. The third-order valence-corrected chi connectivity index (χ3v) is 3.43. The maximum Gasteiger partial charge on any atom is 0.291 e. The highest BCUT2D eigenvalue weighted by atomic mass is 16.5. The Kier molecular flexibility index (Phi) is 5.21. The van der Waals surface area contributed by atoms with Gasteiger partial charge in [-0.2, -0.15) is 10.2 Å². The van der Waals surface area contributed by atoms with E-state index in [-0.39, 0.29) is 5.91 Å². The molecule has 0 bridgehead atoms. The van der Waals surface area contributed by atoms with Gasteiger partial charge in [-0.1, -0.05) is 42.5 Å². The predicted molar refractivity (Wildman–Crippen MR) is 95.5 cm³/mol. The number of hydrogen-bond acceptors (Lipinski definition) is 4. The Morgan fingerprint density at radius 2 is 2.04 bits per heavy atom. The van der Waals surface area contributed by atoms with E-state index in [1.807, 2.05) is 54.6 Å². The molecular weight excluding hydrogens is 316 g/mol. The molecule has 0 aliphatic heterocycles. The standard InChI is InChI=1S/C19H18N4O2/c1-23-11-10-18(22-23)19(24)21-20-13-16-8-5-9-17(12-16)25-14-15-6-3-2-4-7-15/h2-13H,14H2,1H3,(H,21,24). The zero-order valence-corrected chi connectivity index (χ0v) is 13.8. The first kappa shape index (κ1) is 16.4. The molecule has 6 heteroatoms. The minimum atomic E-state index is -0.353. The van der Waals surface area contributed by atoms with Gasteiger partial charge in [0.15, 0.2) is 5.69 Å². The molecule has 25 heavy (non-hydrogen) atoms. The summed E-state index contributed by atoms with van der Waals surface area (Å²) in [6, 6.07) is 19.1. The van der Waals surface area contributed by atoms with E-state index in [4.69, 9.17) is 4.74 Å². The van der Waals surface area contributed by atoms with Crippen LogP contribution in [0, 0.1) is 0 Å². The molecule has 3 rings (SSSR count). The summed E-state index contributed by atoms with van der Waals surface area (Å²) in [6.45, 7) is 0.498. The van der Waals surface area contributed by atoms with Gasteiger partial charge in [0.05, 0.1) is 6.21 Å². The van der Waals surface area contributed by atoms with Gasteiger partial charge < -0.3 is 4.74 Å². The summed E-state index contributed by atoms with van der Waals surface area (Å²) in [6.07, 6.45) is 3.27. The predicted octanol–water partition coefficient (Wildman–Crippen LogP) is 2.76. The van der Waals surface area contributed by atoms with Crippen LogP contribution in [0.25, 0.3) is 0 Å². The molecule has 126 valence electrons. The van der Waals surface area contributed by atoms with Gasteiger partial charge in [0, 0.05) is 13.2 Å². The highest BCUT2D eigenvalue weighted by Crippen LogP contribution is 2.14. The highest BCUT2D eigenvalue weighted by Gasteiger charge is 2.06. The van der Waals surface area contributed by atoms with Crippen LogP contribution in [0.2, 0.25) is 0 Å². The van der Waals surface area contributed by atoms with Crippen LogP contribution in [0.5, 0.6) is 5.75 Å². The number of rotatable bonds is 6. The molecule has 2 aromatic carbocycles. The average molecular weight is 334 g/mol. The molecule has 0 radical (unpaired) electrons. The summed E-state index contributed by atoms with van der Waals surface area (Å²) in [7, 11) is 1.75. The minimum Gasteiger partial charge on any atom is -0.489 e. The van der Waals surface area contributed by atoms with Gasteiger partial charge >= 0.3 is 0 Å². The number of amides is 1. The maximum atomic E-state index is 11.8. The molecule has 0 saturated carbocycles. The van der Waals surface area contributed by atoms with E-state index in [1.165, 1.54) is 0 Å². The summed E-state index contributed by atoms with van der Waals surface area (Å²) in [5.74, 6) is 0.386. The van der Waals surface area contributed by atoms with Crippen LogP contribution in [0.4, 0.5) is 0 Å². The topological polar surface area (TPSA) is 68.5 Å². The van der Waals surface area contributed by atoms with Gasteiger partial charge in [0.1, 0.15) is 12.4 Å².